The highest BCUT2D eigenvalue weighted by molar-refractivity contribution is 5.50. The molecule has 0 amide bonds. The van der Waals surface area contributed by atoms with Crippen LogP contribution in [0.15, 0.2) is 0 Å². The minimum Gasteiger partial charge on any atom is -0.303 e. The molecule has 2 heteroatoms. The van der Waals surface area contributed by atoms with Crippen LogP contribution in [0.4, 0.5) is 0 Å². The first-order chi connectivity index (χ1) is 6.36. The zero-order valence-corrected chi connectivity index (χ0v) is 8.59. The molecule has 0 spiro atoms. The van der Waals surface area contributed by atoms with Gasteiger partial charge in [-0.25, -0.2) is 0 Å². The minimum atomic E-state index is 0.637. The van der Waals surface area contributed by atoms with Crippen LogP contribution in [0.3, 0.4) is 0 Å². The summed E-state index contributed by atoms with van der Waals surface area (Å²) in [5.74, 6) is 0.787. The summed E-state index contributed by atoms with van der Waals surface area (Å²) in [6.45, 7) is 5.94. The monoisotopic (exact) mass is 182 g/mol. The van der Waals surface area contributed by atoms with Crippen molar-refractivity contribution in [1.82, 2.24) is 4.90 Å². The molecule has 1 saturated heterocycles. The van der Waals surface area contributed by atoms with Crippen molar-refractivity contribution in [2.24, 2.45) is 5.92 Å². The SMILES string of the molecule is CCCN1CCC(CC[C]=O)CC1. The average molecular weight is 182 g/mol. The topological polar surface area (TPSA) is 20.3 Å². The van der Waals surface area contributed by atoms with E-state index in [1.165, 1.54) is 38.9 Å². The Bertz CT molecular complexity index is 139. The summed E-state index contributed by atoms with van der Waals surface area (Å²) in [6, 6.07) is 0. The molecule has 1 fully saturated rings. The highest BCUT2D eigenvalue weighted by atomic mass is 16.1. The molecular formula is C11H20NO. The lowest BCUT2D eigenvalue weighted by Gasteiger charge is -2.31. The molecule has 0 aromatic heterocycles. The molecular weight excluding hydrogens is 162 g/mol. The van der Waals surface area contributed by atoms with Crippen LogP contribution < -0.4 is 0 Å². The van der Waals surface area contributed by atoms with Gasteiger partial charge in [-0.15, -0.1) is 0 Å². The van der Waals surface area contributed by atoms with Crippen LogP contribution >= 0.6 is 0 Å². The van der Waals surface area contributed by atoms with Crippen LogP contribution in [0.2, 0.25) is 0 Å². The Labute approximate surface area is 81.3 Å². The molecule has 1 rings (SSSR count). The summed E-state index contributed by atoms with van der Waals surface area (Å²) in [5, 5.41) is 0. The number of hydrogen-bond donors (Lipinski definition) is 0. The van der Waals surface area contributed by atoms with Gasteiger partial charge in [-0.05, 0) is 51.2 Å². The molecule has 0 bridgehead atoms. The van der Waals surface area contributed by atoms with Gasteiger partial charge >= 0.3 is 0 Å². The van der Waals surface area contributed by atoms with E-state index >= 15 is 0 Å². The Kier molecular flexibility index (Phi) is 5.06. The van der Waals surface area contributed by atoms with Crippen molar-refractivity contribution in [1.29, 1.82) is 0 Å². The standard InChI is InChI=1S/C11H20NO/c1-2-7-12-8-5-11(6-9-12)4-3-10-13/h11H,2-9H2,1H3. The van der Waals surface area contributed by atoms with Gasteiger partial charge in [-0.2, -0.15) is 0 Å². The van der Waals surface area contributed by atoms with Gasteiger partial charge in [-0.1, -0.05) is 6.92 Å². The second-order valence-corrected chi connectivity index (χ2v) is 3.97. The lowest BCUT2D eigenvalue weighted by molar-refractivity contribution is 0.180. The van der Waals surface area contributed by atoms with Crippen molar-refractivity contribution >= 4 is 6.29 Å². The number of likely N-dealkylation sites (tertiary alicyclic amines) is 1. The number of nitrogens with zero attached hydrogens (tertiary/aromatic N) is 1. The third-order valence-corrected chi connectivity index (χ3v) is 2.90. The fraction of sp³-hybridized carbons (Fsp3) is 0.909. The second kappa shape index (κ2) is 6.14. The maximum absolute atomic E-state index is 10.1. The zero-order valence-electron chi connectivity index (χ0n) is 8.59. The summed E-state index contributed by atoms with van der Waals surface area (Å²) in [4.78, 5) is 12.6. The first kappa shape index (κ1) is 10.7. The Morgan fingerprint density at radius 3 is 2.62 bits per heavy atom. The van der Waals surface area contributed by atoms with Crippen LogP contribution in [0.5, 0.6) is 0 Å². The normalized spacial score (nSPS) is 20.4. The van der Waals surface area contributed by atoms with E-state index in [-0.39, 0.29) is 0 Å². The molecule has 1 aliphatic heterocycles. The van der Waals surface area contributed by atoms with Gasteiger partial charge in [0.1, 0.15) is 0 Å². The highest BCUT2D eigenvalue weighted by Gasteiger charge is 2.17. The van der Waals surface area contributed by atoms with E-state index in [0.717, 1.165) is 12.3 Å². The van der Waals surface area contributed by atoms with E-state index < -0.39 is 0 Å². The molecule has 1 radical (unpaired) electrons. The van der Waals surface area contributed by atoms with Crippen molar-refractivity contribution in [2.75, 3.05) is 19.6 Å². The Balaban J connectivity index is 2.11. The number of hydrogen-bond acceptors (Lipinski definition) is 2. The van der Waals surface area contributed by atoms with E-state index in [1.807, 2.05) is 6.29 Å². The summed E-state index contributed by atoms with van der Waals surface area (Å²) in [5.41, 5.74) is 0. The van der Waals surface area contributed by atoms with Crippen molar-refractivity contribution in [3.63, 3.8) is 0 Å². The molecule has 0 aliphatic carbocycles. The number of carbonyl (C=O) groups excluding carboxylic acids is 1. The average Bonchev–Trinajstić information content (AvgIpc) is 2.17. The van der Waals surface area contributed by atoms with Gasteiger partial charge < -0.3 is 4.90 Å². The van der Waals surface area contributed by atoms with Crippen molar-refractivity contribution < 1.29 is 4.79 Å². The Morgan fingerprint density at radius 2 is 2.08 bits per heavy atom. The van der Waals surface area contributed by atoms with Crippen molar-refractivity contribution in [3.8, 4) is 0 Å². The fourth-order valence-corrected chi connectivity index (χ4v) is 2.08. The second-order valence-electron chi connectivity index (χ2n) is 3.97. The predicted molar refractivity (Wildman–Crippen MR) is 54.4 cm³/mol. The zero-order chi connectivity index (χ0) is 9.52. The summed E-state index contributed by atoms with van der Waals surface area (Å²) < 4.78 is 0. The van der Waals surface area contributed by atoms with Crippen LogP contribution in [0.1, 0.15) is 39.0 Å². The van der Waals surface area contributed by atoms with Gasteiger partial charge in [0.2, 0.25) is 0 Å². The van der Waals surface area contributed by atoms with Gasteiger partial charge in [0, 0.05) is 6.42 Å². The van der Waals surface area contributed by atoms with Crippen LogP contribution in [0.25, 0.3) is 0 Å². The van der Waals surface area contributed by atoms with Crippen molar-refractivity contribution in [2.45, 2.75) is 39.0 Å². The molecule has 13 heavy (non-hydrogen) atoms. The van der Waals surface area contributed by atoms with Gasteiger partial charge in [0.05, 0.1) is 0 Å². The molecule has 0 N–H and O–H groups in total. The first-order valence-corrected chi connectivity index (χ1v) is 5.44. The quantitative estimate of drug-likeness (QED) is 0.648. The summed E-state index contributed by atoms with van der Waals surface area (Å²) in [7, 11) is 0. The molecule has 75 valence electrons. The maximum Gasteiger partial charge on any atom is 0.198 e. The fourth-order valence-electron chi connectivity index (χ4n) is 2.08. The van der Waals surface area contributed by atoms with Gasteiger partial charge in [0.15, 0.2) is 6.29 Å². The third kappa shape index (κ3) is 3.90. The molecule has 0 unspecified atom stereocenters. The smallest absolute Gasteiger partial charge is 0.198 e. The molecule has 1 aliphatic rings. The lowest BCUT2D eigenvalue weighted by atomic mass is 9.92. The van der Waals surface area contributed by atoms with Gasteiger partial charge in [0.25, 0.3) is 0 Å². The van der Waals surface area contributed by atoms with E-state index in [2.05, 4.69) is 11.8 Å². The Morgan fingerprint density at radius 1 is 1.38 bits per heavy atom. The van der Waals surface area contributed by atoms with E-state index in [1.54, 1.807) is 0 Å². The number of rotatable bonds is 5. The van der Waals surface area contributed by atoms with E-state index in [4.69, 9.17) is 0 Å². The summed E-state index contributed by atoms with van der Waals surface area (Å²) in [6.07, 6.45) is 7.50. The molecule has 0 aromatic carbocycles. The predicted octanol–water partition coefficient (Wildman–Crippen LogP) is 2.00. The van der Waals surface area contributed by atoms with Crippen LogP contribution in [-0.2, 0) is 4.79 Å². The van der Waals surface area contributed by atoms with E-state index in [0.29, 0.717) is 6.42 Å². The largest absolute Gasteiger partial charge is 0.303 e. The van der Waals surface area contributed by atoms with Crippen LogP contribution in [0, 0.1) is 5.92 Å². The molecule has 0 atom stereocenters. The molecule has 1 heterocycles. The molecule has 0 aromatic rings. The van der Waals surface area contributed by atoms with Gasteiger partial charge in [-0.3, -0.25) is 4.79 Å². The van der Waals surface area contributed by atoms with Crippen molar-refractivity contribution in [3.05, 3.63) is 0 Å². The lowest BCUT2D eigenvalue weighted by Crippen LogP contribution is -2.34. The Hall–Kier alpha value is -0.370. The first-order valence-electron chi connectivity index (χ1n) is 5.44. The minimum absolute atomic E-state index is 0.637. The third-order valence-electron chi connectivity index (χ3n) is 2.90. The highest BCUT2D eigenvalue weighted by Crippen LogP contribution is 2.21. The van der Waals surface area contributed by atoms with E-state index in [9.17, 15) is 4.79 Å². The molecule has 2 nitrogen and oxygen atoms in total. The van der Waals surface area contributed by atoms with Crippen LogP contribution in [-0.4, -0.2) is 30.8 Å². The summed E-state index contributed by atoms with van der Waals surface area (Å²) >= 11 is 0. The maximum atomic E-state index is 10.1. The molecule has 0 saturated carbocycles. The number of piperidine rings is 1.